The molecule has 0 saturated carbocycles. The summed E-state index contributed by atoms with van der Waals surface area (Å²) in [7, 11) is 0. The van der Waals surface area contributed by atoms with Gasteiger partial charge in [-0.15, -0.1) is 0 Å². The third-order valence-corrected chi connectivity index (χ3v) is 20.4. The third kappa shape index (κ3) is 19.4. The lowest BCUT2D eigenvalue weighted by atomic mass is 9.92. The minimum Gasteiger partial charge on any atom is -0.324 e. The highest BCUT2D eigenvalue weighted by Gasteiger charge is 2.26. The SMILES string of the molecule is CCCCCCCc1cc2c(cc1CCCCCCC)-c1nc-2nc2[nH]c(nc3nc(nc4[nH]c(n1)c1cc(CCCCCCC)c(CCCCCCC)cc41)-c1cc(C#Cc4ccc(CCC(C)C)cc4)ccc1-3)c1cc(CCCCCCC)c(CCCCCCC)cc21. The molecule has 5 aromatic carbocycles. The van der Waals surface area contributed by atoms with Gasteiger partial charge >= 0.3 is 0 Å². The van der Waals surface area contributed by atoms with Crippen LogP contribution in [0.15, 0.2) is 78.9 Å². The number of nitrogens with zero attached hydrogens (tertiary/aromatic N) is 6. The summed E-state index contributed by atoms with van der Waals surface area (Å²) in [6.07, 6.45) is 45.8. The Labute approximate surface area is 572 Å². The molecule has 2 aliphatic rings. The number of hydrogen-bond donors (Lipinski definition) is 2. The molecule has 3 aromatic heterocycles. The second-order valence-electron chi connectivity index (χ2n) is 28.7. The molecular weight excluding hydrogens is 1160 g/mol. The third-order valence-electron chi connectivity index (χ3n) is 20.4. The molecule has 8 nitrogen and oxygen atoms in total. The van der Waals surface area contributed by atoms with Gasteiger partial charge in [-0.3, -0.25) is 0 Å². The van der Waals surface area contributed by atoms with E-state index in [4.69, 9.17) is 29.9 Å². The van der Waals surface area contributed by atoms with Gasteiger partial charge in [-0.05, 0) is 201 Å². The zero-order valence-corrected chi connectivity index (χ0v) is 60.1. The molecule has 0 spiro atoms. The average Bonchev–Trinajstić information content (AvgIpc) is 1.61. The van der Waals surface area contributed by atoms with Crippen LogP contribution in [0.25, 0.3) is 89.7 Å². The molecule has 8 heteroatoms. The molecule has 8 aromatic rings. The Morgan fingerprint density at radius 2 is 0.568 bits per heavy atom. The summed E-state index contributed by atoms with van der Waals surface area (Å²) in [5.74, 6) is 10.4. The first-order valence-electron chi connectivity index (χ1n) is 38.7. The number of nitrogens with one attached hydrogen (secondary N) is 2. The number of aryl methyl sites for hydroxylation is 7. The lowest BCUT2D eigenvalue weighted by molar-refractivity contribution is 0.587. The van der Waals surface area contributed by atoms with E-state index in [9.17, 15) is 0 Å². The topological polar surface area (TPSA) is 109 Å². The van der Waals surface area contributed by atoms with Gasteiger partial charge in [0.15, 0.2) is 23.3 Å². The molecule has 95 heavy (non-hydrogen) atoms. The molecule has 8 bridgehead atoms. The van der Waals surface area contributed by atoms with E-state index in [0.29, 0.717) is 29.2 Å². The molecular formula is C87H116N8. The van der Waals surface area contributed by atoms with Gasteiger partial charge in [-0.1, -0.05) is 233 Å². The summed E-state index contributed by atoms with van der Waals surface area (Å²) in [5, 5.41) is 4.29. The maximum Gasteiger partial charge on any atom is 0.164 e. The van der Waals surface area contributed by atoms with Gasteiger partial charge in [0.1, 0.15) is 22.6 Å². The van der Waals surface area contributed by atoms with Gasteiger partial charge in [0.05, 0.1) is 0 Å². The van der Waals surface area contributed by atoms with Crippen LogP contribution in [-0.4, -0.2) is 39.9 Å². The van der Waals surface area contributed by atoms with E-state index in [1.807, 2.05) is 0 Å². The minimum absolute atomic E-state index is 0.615. The maximum absolute atomic E-state index is 5.79. The fourth-order valence-electron chi connectivity index (χ4n) is 14.5. The van der Waals surface area contributed by atoms with Crippen molar-refractivity contribution in [1.29, 1.82) is 0 Å². The number of hydrogen-bond acceptors (Lipinski definition) is 6. The quantitative estimate of drug-likeness (QED) is 0.0293. The minimum atomic E-state index is 0.615. The van der Waals surface area contributed by atoms with Crippen LogP contribution in [0.5, 0.6) is 0 Å². The summed E-state index contributed by atoms with van der Waals surface area (Å²) < 4.78 is 0. The van der Waals surface area contributed by atoms with E-state index in [1.165, 1.54) is 238 Å². The lowest BCUT2D eigenvalue weighted by Gasteiger charge is -2.13. The van der Waals surface area contributed by atoms with Crippen LogP contribution in [0.1, 0.15) is 305 Å². The van der Waals surface area contributed by atoms with E-state index in [-0.39, 0.29) is 0 Å². The van der Waals surface area contributed by atoms with Gasteiger partial charge < -0.3 is 9.97 Å². The monoisotopic (exact) mass is 1270 g/mol. The van der Waals surface area contributed by atoms with Crippen LogP contribution in [0, 0.1) is 17.8 Å². The number of unbranched alkanes of at least 4 members (excludes halogenated alkanes) is 24. The van der Waals surface area contributed by atoms with Crippen molar-refractivity contribution >= 4 is 44.1 Å². The van der Waals surface area contributed by atoms with Crippen molar-refractivity contribution in [3.63, 3.8) is 0 Å². The molecule has 0 saturated heterocycles. The Kier molecular flexibility index (Phi) is 27.5. The first kappa shape index (κ1) is 70.8. The normalized spacial score (nSPS) is 11.9. The zero-order chi connectivity index (χ0) is 66.1. The van der Waals surface area contributed by atoms with E-state index in [2.05, 4.69) is 156 Å². The van der Waals surface area contributed by atoms with Crippen LogP contribution >= 0.6 is 0 Å². The van der Waals surface area contributed by atoms with E-state index in [0.717, 1.165) is 122 Å². The van der Waals surface area contributed by atoms with Crippen LogP contribution in [0.2, 0.25) is 0 Å². The smallest absolute Gasteiger partial charge is 0.164 e. The highest BCUT2D eigenvalue weighted by molar-refractivity contribution is 6.07. The fourth-order valence-corrected chi connectivity index (χ4v) is 14.5. The highest BCUT2D eigenvalue weighted by Crippen LogP contribution is 2.41. The Balaban J connectivity index is 1.24. The van der Waals surface area contributed by atoms with Gasteiger partial charge in [0.2, 0.25) is 0 Å². The molecule has 504 valence electrons. The van der Waals surface area contributed by atoms with Crippen LogP contribution in [0.3, 0.4) is 0 Å². The van der Waals surface area contributed by atoms with Crippen molar-refractivity contribution < 1.29 is 0 Å². The molecule has 0 radical (unpaired) electrons. The zero-order valence-electron chi connectivity index (χ0n) is 60.1. The molecule has 5 heterocycles. The summed E-state index contributed by atoms with van der Waals surface area (Å²) in [5.41, 5.74) is 18.9. The Morgan fingerprint density at radius 3 is 0.895 bits per heavy atom. The van der Waals surface area contributed by atoms with Crippen molar-refractivity contribution in [3.05, 3.63) is 129 Å². The van der Waals surface area contributed by atoms with Gasteiger partial charge in [-0.25, -0.2) is 29.9 Å². The number of aromatic amines is 2. The number of fused-ring (bicyclic) bond motifs is 20. The van der Waals surface area contributed by atoms with Gasteiger partial charge in [-0.2, -0.15) is 0 Å². The summed E-state index contributed by atoms with van der Waals surface area (Å²) in [4.78, 5) is 42.0. The summed E-state index contributed by atoms with van der Waals surface area (Å²) in [6, 6.07) is 30.1. The van der Waals surface area contributed by atoms with Gasteiger partial charge in [0, 0.05) is 54.9 Å². The van der Waals surface area contributed by atoms with Crippen LogP contribution < -0.4 is 0 Å². The van der Waals surface area contributed by atoms with Crippen molar-refractivity contribution in [2.45, 2.75) is 299 Å². The molecule has 2 N–H and O–H groups in total. The summed E-state index contributed by atoms with van der Waals surface area (Å²) in [6.45, 7) is 18.5. The first-order valence-corrected chi connectivity index (χ1v) is 38.7. The molecule has 0 atom stereocenters. The number of aromatic nitrogens is 8. The second-order valence-corrected chi connectivity index (χ2v) is 28.7. The molecule has 0 aliphatic carbocycles. The van der Waals surface area contributed by atoms with E-state index < -0.39 is 0 Å². The molecule has 0 fully saturated rings. The van der Waals surface area contributed by atoms with Crippen molar-refractivity contribution in [3.8, 4) is 57.4 Å². The predicted octanol–water partition coefficient (Wildman–Crippen LogP) is 24.9. The molecule has 0 amide bonds. The summed E-state index contributed by atoms with van der Waals surface area (Å²) >= 11 is 0. The Hall–Kier alpha value is -6.98. The fraction of sp³-hybridized carbons (Fsp3) is 0.540. The second kappa shape index (κ2) is 36.9. The average molecular weight is 1270 g/mol. The van der Waals surface area contributed by atoms with Crippen LogP contribution in [0.4, 0.5) is 0 Å². The van der Waals surface area contributed by atoms with E-state index >= 15 is 0 Å². The standard InChI is InChI=1S/C87H116N8/c1-9-15-21-27-33-39-66-56-74-75(57-67(66)40-34-28-22-16-10-2)84-91-82(74)89-80-72-54-53-65(52-51-64-49-47-63(48-50-64)46-45-62(7)8)55-73(72)81(88-80)90-83-76-58-68(41-35-29-23-17-11-3)69(42-36-30-24-18-12-4)59-77(76)85(92-83)94-87-79-61-71(44-38-32-26-20-14-6)70(43-37-31-25-19-13-5)60-78(79)86(93-84)95-87/h47-50,53-62H,9-46H2,1-8H3,(H2,88,89,90,91,92,93,94,95). The number of benzene rings is 5. The highest BCUT2D eigenvalue weighted by atomic mass is 15.1. The maximum atomic E-state index is 5.79. The number of H-pyrrole nitrogens is 2. The number of rotatable bonds is 39. The molecule has 2 aliphatic heterocycles. The molecule has 0 unspecified atom stereocenters. The Morgan fingerprint density at radius 1 is 0.284 bits per heavy atom. The van der Waals surface area contributed by atoms with Gasteiger partial charge in [0.25, 0.3) is 0 Å². The van der Waals surface area contributed by atoms with Crippen molar-refractivity contribution in [2.75, 3.05) is 0 Å². The van der Waals surface area contributed by atoms with E-state index in [1.54, 1.807) is 0 Å². The largest absolute Gasteiger partial charge is 0.324 e. The predicted molar refractivity (Wildman–Crippen MR) is 406 cm³/mol. The van der Waals surface area contributed by atoms with Crippen molar-refractivity contribution in [2.24, 2.45) is 5.92 Å². The van der Waals surface area contributed by atoms with Crippen LogP contribution in [-0.2, 0) is 44.9 Å². The van der Waals surface area contributed by atoms with Crippen molar-refractivity contribution in [1.82, 2.24) is 39.9 Å². The lowest BCUT2D eigenvalue weighted by Crippen LogP contribution is -1.98. The Bertz CT molecular complexity index is 4000. The first-order chi connectivity index (χ1) is 46.7. The molecule has 10 rings (SSSR count).